The topological polar surface area (TPSA) is 105 Å². The van der Waals surface area contributed by atoms with Gasteiger partial charge in [0.1, 0.15) is 18.8 Å². The van der Waals surface area contributed by atoms with Crippen LogP contribution in [0, 0.1) is 0 Å². The number of benzene rings is 1. The van der Waals surface area contributed by atoms with Crippen LogP contribution in [0.2, 0.25) is 0 Å². The van der Waals surface area contributed by atoms with E-state index in [0.29, 0.717) is 16.3 Å². The molecule has 8 nitrogen and oxygen atoms in total. The van der Waals surface area contributed by atoms with E-state index in [4.69, 9.17) is 18.9 Å². The summed E-state index contributed by atoms with van der Waals surface area (Å²) in [6.07, 6.45) is 0.867. The van der Waals surface area contributed by atoms with Gasteiger partial charge < -0.3 is 18.9 Å². The van der Waals surface area contributed by atoms with E-state index in [1.807, 2.05) is 47.0 Å². The van der Waals surface area contributed by atoms with Gasteiger partial charge in [0.2, 0.25) is 0 Å². The number of carbonyl (C=O) groups excluding carboxylic acids is 4. The molecule has 0 aromatic heterocycles. The molecule has 242 valence electrons. The number of hydrogen-bond acceptors (Lipinski definition) is 14. The van der Waals surface area contributed by atoms with Gasteiger partial charge in [-0.25, -0.2) is 19.2 Å². The lowest BCUT2D eigenvalue weighted by atomic mass is 10.1. The molecule has 0 radical (unpaired) electrons. The minimum absolute atomic E-state index is 0.0974. The fraction of sp³-hybridized carbons (Fsp3) is 0.533. The lowest BCUT2D eigenvalue weighted by Crippen LogP contribution is -2.32. The molecule has 2 aliphatic rings. The Balaban J connectivity index is 1.53. The van der Waals surface area contributed by atoms with Gasteiger partial charge in [0.15, 0.2) is 5.44 Å². The number of ether oxygens (including phenoxy) is 4. The van der Waals surface area contributed by atoms with Crippen LogP contribution in [-0.4, -0.2) is 110 Å². The molecule has 0 N–H and O–H groups in total. The standard InChI is InChI=1S/C30H38O8S6/c1-4-26(31)36-20(3)30(44-19-25-17-40-11-13-43-25)38-29(34)22-8-6-21(7-9-22)28(33)35-14-23(37-27(32)5-2)15-41-18-24-16-39-10-12-42-24/h4-9,20,23-25,30H,1-2,10-19H2,3H3. The monoisotopic (exact) mass is 718 g/mol. The van der Waals surface area contributed by atoms with E-state index in [9.17, 15) is 19.2 Å². The molecule has 14 heteroatoms. The lowest BCUT2D eigenvalue weighted by molar-refractivity contribution is -0.145. The highest BCUT2D eigenvalue weighted by Crippen LogP contribution is 2.30. The summed E-state index contributed by atoms with van der Waals surface area (Å²) in [6.45, 7) is 8.46. The summed E-state index contributed by atoms with van der Waals surface area (Å²) >= 11 is 10.8. The molecule has 2 saturated heterocycles. The van der Waals surface area contributed by atoms with Crippen molar-refractivity contribution in [3.8, 4) is 0 Å². The molecule has 44 heavy (non-hydrogen) atoms. The molecule has 2 fully saturated rings. The maximum Gasteiger partial charge on any atom is 0.339 e. The number of thioether (sulfide) groups is 6. The Morgan fingerprint density at radius 2 is 1.41 bits per heavy atom. The van der Waals surface area contributed by atoms with Crippen molar-refractivity contribution in [2.24, 2.45) is 0 Å². The average molecular weight is 719 g/mol. The lowest BCUT2D eigenvalue weighted by Gasteiger charge is -2.26. The van der Waals surface area contributed by atoms with Gasteiger partial charge in [-0.2, -0.15) is 58.8 Å². The van der Waals surface area contributed by atoms with Crippen molar-refractivity contribution < 1.29 is 38.1 Å². The molecule has 0 aliphatic carbocycles. The number of esters is 4. The van der Waals surface area contributed by atoms with Gasteiger partial charge >= 0.3 is 23.9 Å². The summed E-state index contributed by atoms with van der Waals surface area (Å²) < 4.78 is 22.0. The van der Waals surface area contributed by atoms with Gasteiger partial charge in [-0.1, -0.05) is 13.2 Å². The molecular weight excluding hydrogens is 681 g/mol. The highest BCUT2D eigenvalue weighted by atomic mass is 32.2. The second kappa shape index (κ2) is 20.7. The van der Waals surface area contributed by atoms with E-state index >= 15 is 0 Å². The summed E-state index contributed by atoms with van der Waals surface area (Å²) in [7, 11) is 0. The predicted octanol–water partition coefficient (Wildman–Crippen LogP) is 5.71. The maximum atomic E-state index is 13.0. The van der Waals surface area contributed by atoms with Crippen molar-refractivity contribution in [1.82, 2.24) is 0 Å². The first kappa shape index (κ1) is 37.1. The summed E-state index contributed by atoms with van der Waals surface area (Å²) in [5.41, 5.74) is -0.235. The van der Waals surface area contributed by atoms with Gasteiger partial charge in [-0.3, -0.25) is 0 Å². The molecule has 0 saturated carbocycles. The molecule has 3 rings (SSSR count). The quantitative estimate of drug-likeness (QED) is 0.0851. The van der Waals surface area contributed by atoms with Crippen LogP contribution < -0.4 is 0 Å². The van der Waals surface area contributed by atoms with E-state index in [2.05, 4.69) is 13.2 Å². The van der Waals surface area contributed by atoms with Crippen molar-refractivity contribution in [3.05, 3.63) is 60.7 Å². The van der Waals surface area contributed by atoms with E-state index in [0.717, 1.165) is 52.4 Å². The predicted molar refractivity (Wildman–Crippen MR) is 189 cm³/mol. The van der Waals surface area contributed by atoms with Gasteiger partial charge in [0, 0.05) is 74.4 Å². The third kappa shape index (κ3) is 13.6. The zero-order valence-electron chi connectivity index (χ0n) is 24.6. The van der Waals surface area contributed by atoms with Crippen LogP contribution in [0.4, 0.5) is 0 Å². The Morgan fingerprint density at radius 1 is 0.841 bits per heavy atom. The summed E-state index contributed by atoms with van der Waals surface area (Å²) in [5.74, 6) is 6.46. The van der Waals surface area contributed by atoms with E-state index in [1.54, 1.807) is 18.7 Å². The van der Waals surface area contributed by atoms with Crippen LogP contribution in [0.1, 0.15) is 27.6 Å². The van der Waals surface area contributed by atoms with Crippen LogP contribution in [0.15, 0.2) is 49.6 Å². The van der Waals surface area contributed by atoms with Crippen LogP contribution in [0.5, 0.6) is 0 Å². The molecule has 1 aromatic rings. The van der Waals surface area contributed by atoms with E-state index in [-0.39, 0.29) is 17.7 Å². The highest BCUT2D eigenvalue weighted by Gasteiger charge is 2.28. The number of rotatable bonds is 17. The average Bonchev–Trinajstić information content (AvgIpc) is 3.05. The zero-order valence-corrected chi connectivity index (χ0v) is 29.5. The molecule has 0 amide bonds. The minimum Gasteiger partial charge on any atom is -0.458 e. The molecule has 0 spiro atoms. The van der Waals surface area contributed by atoms with Crippen molar-refractivity contribution in [3.63, 3.8) is 0 Å². The van der Waals surface area contributed by atoms with Gasteiger partial charge in [-0.15, -0.1) is 11.8 Å². The van der Waals surface area contributed by atoms with Crippen molar-refractivity contribution in [1.29, 1.82) is 0 Å². The van der Waals surface area contributed by atoms with Gasteiger partial charge in [-0.05, 0) is 31.2 Å². The fourth-order valence-corrected chi connectivity index (χ4v) is 12.2. The summed E-state index contributed by atoms with van der Waals surface area (Å²) in [5, 5.41) is 0.970. The fourth-order valence-electron chi connectivity index (χ4n) is 3.85. The number of carbonyl (C=O) groups is 4. The first-order valence-electron chi connectivity index (χ1n) is 14.0. The van der Waals surface area contributed by atoms with E-state index < -0.39 is 41.5 Å². The van der Waals surface area contributed by atoms with Crippen LogP contribution >= 0.6 is 70.6 Å². The van der Waals surface area contributed by atoms with Crippen molar-refractivity contribution >= 4 is 94.4 Å². The first-order chi connectivity index (χ1) is 21.3. The molecule has 2 aliphatic heterocycles. The Labute approximate surface area is 285 Å². The largest absolute Gasteiger partial charge is 0.458 e. The number of hydrogen-bond donors (Lipinski definition) is 0. The third-order valence-electron chi connectivity index (χ3n) is 6.11. The molecule has 5 unspecified atom stereocenters. The summed E-state index contributed by atoms with van der Waals surface area (Å²) in [4.78, 5) is 49.4. The first-order valence-corrected chi connectivity index (χ1v) is 20.6. The molecule has 2 heterocycles. The Kier molecular flexibility index (Phi) is 17.5. The Hall–Kier alpha value is -1.32. The molecule has 5 atom stereocenters. The third-order valence-corrected chi connectivity index (χ3v) is 14.9. The Morgan fingerprint density at radius 3 is 1.98 bits per heavy atom. The van der Waals surface area contributed by atoms with Crippen LogP contribution in [-0.2, 0) is 28.5 Å². The normalized spacial score (nSPS) is 20.3. The van der Waals surface area contributed by atoms with Gasteiger partial charge in [0.25, 0.3) is 0 Å². The second-order valence-electron chi connectivity index (χ2n) is 9.56. The SMILES string of the molecule is C=CC(=O)OC(COC(=O)c1ccc(C(=O)OC(SCC2CSCCS2)C(C)OC(=O)C=C)cc1)CSCC1CSCCS1. The molecule has 1 aromatic carbocycles. The second-order valence-corrected chi connectivity index (χ2v) is 16.9. The van der Waals surface area contributed by atoms with Crippen LogP contribution in [0.25, 0.3) is 0 Å². The molecule has 0 bridgehead atoms. The summed E-state index contributed by atoms with van der Waals surface area (Å²) in [6, 6.07) is 5.93. The minimum atomic E-state index is -0.716. The van der Waals surface area contributed by atoms with Crippen molar-refractivity contribution in [2.75, 3.05) is 58.4 Å². The maximum absolute atomic E-state index is 13.0. The highest BCUT2D eigenvalue weighted by molar-refractivity contribution is 8.08. The zero-order chi connectivity index (χ0) is 31.7. The smallest absolute Gasteiger partial charge is 0.339 e. The molecular formula is C30H38O8S6. The van der Waals surface area contributed by atoms with E-state index in [1.165, 1.54) is 41.8 Å². The Bertz CT molecular complexity index is 1110. The van der Waals surface area contributed by atoms with Crippen LogP contribution in [0.3, 0.4) is 0 Å². The van der Waals surface area contributed by atoms with Crippen molar-refractivity contribution in [2.45, 2.75) is 35.1 Å². The van der Waals surface area contributed by atoms with Gasteiger partial charge in [0.05, 0.1) is 11.1 Å².